The summed E-state index contributed by atoms with van der Waals surface area (Å²) in [5.41, 5.74) is 4.50. The fraction of sp³-hybridized carbons (Fsp3) is 0.0909. The summed E-state index contributed by atoms with van der Waals surface area (Å²) in [7, 11) is 0. The van der Waals surface area contributed by atoms with E-state index in [1.54, 1.807) is 18.2 Å². The van der Waals surface area contributed by atoms with Gasteiger partial charge in [-0.2, -0.15) is 4.99 Å². The lowest BCUT2D eigenvalue weighted by molar-refractivity contribution is 0.100. The Morgan fingerprint density at radius 3 is 2.33 bits per heavy atom. The third kappa shape index (κ3) is 3.61. The highest BCUT2D eigenvalue weighted by atomic mass is 35.5. The van der Waals surface area contributed by atoms with Crippen LogP contribution < -0.4 is 4.90 Å². The summed E-state index contributed by atoms with van der Waals surface area (Å²) in [5.74, 6) is 0.328. The van der Waals surface area contributed by atoms with Gasteiger partial charge in [0.15, 0.2) is 0 Å². The second-order valence-electron chi connectivity index (χ2n) is 6.48. The van der Waals surface area contributed by atoms with Crippen LogP contribution >= 0.6 is 23.2 Å². The van der Waals surface area contributed by atoms with Crippen molar-refractivity contribution in [1.82, 2.24) is 0 Å². The monoisotopic (exact) mass is 394 g/mol. The predicted molar refractivity (Wildman–Crippen MR) is 111 cm³/mol. The number of amides is 1. The molecule has 1 aliphatic rings. The first-order valence-corrected chi connectivity index (χ1v) is 9.28. The van der Waals surface area contributed by atoms with E-state index in [4.69, 9.17) is 23.2 Å². The van der Waals surface area contributed by atoms with Crippen molar-refractivity contribution in [3.8, 4) is 0 Å². The van der Waals surface area contributed by atoms with Crippen molar-refractivity contribution in [3.63, 3.8) is 0 Å². The lowest BCUT2D eigenvalue weighted by Crippen LogP contribution is -2.25. The molecule has 1 heterocycles. The van der Waals surface area contributed by atoms with Gasteiger partial charge in [0.2, 0.25) is 0 Å². The number of fused-ring (bicyclic) bond motifs is 1. The number of rotatable bonds is 2. The highest BCUT2D eigenvalue weighted by Gasteiger charge is 2.27. The van der Waals surface area contributed by atoms with Crippen LogP contribution in [-0.2, 0) is 6.54 Å². The van der Waals surface area contributed by atoms with Gasteiger partial charge in [0, 0.05) is 26.9 Å². The van der Waals surface area contributed by atoms with E-state index in [0.29, 0.717) is 28.0 Å². The zero-order valence-electron chi connectivity index (χ0n) is 14.6. The van der Waals surface area contributed by atoms with Gasteiger partial charge in [-0.15, -0.1) is 0 Å². The summed E-state index contributed by atoms with van der Waals surface area (Å²) >= 11 is 12.4. The molecule has 0 N–H and O–H groups in total. The number of amidine groups is 1. The number of nitrogens with zero attached hydrogens (tertiary/aromatic N) is 2. The average Bonchev–Trinajstić information content (AvgIpc) is 3.00. The molecule has 0 aromatic heterocycles. The summed E-state index contributed by atoms with van der Waals surface area (Å²) in [6, 6.07) is 20.7. The Kier molecular flexibility index (Phi) is 4.73. The Bertz CT molecular complexity index is 1040. The summed E-state index contributed by atoms with van der Waals surface area (Å²) in [6.07, 6.45) is 0. The summed E-state index contributed by atoms with van der Waals surface area (Å²) in [4.78, 5) is 19.2. The molecule has 0 bridgehead atoms. The van der Waals surface area contributed by atoms with E-state index in [9.17, 15) is 4.79 Å². The van der Waals surface area contributed by atoms with E-state index < -0.39 is 0 Å². The number of benzene rings is 3. The van der Waals surface area contributed by atoms with Crippen LogP contribution in [0.3, 0.4) is 0 Å². The molecule has 5 heteroatoms. The first-order chi connectivity index (χ1) is 13.0. The summed E-state index contributed by atoms with van der Waals surface area (Å²) < 4.78 is 0. The van der Waals surface area contributed by atoms with Gasteiger partial charge in [0.25, 0.3) is 5.91 Å². The highest BCUT2D eigenvalue weighted by molar-refractivity contribution is 6.35. The maximum atomic E-state index is 12.8. The van der Waals surface area contributed by atoms with Crippen LogP contribution in [0.5, 0.6) is 0 Å². The first-order valence-electron chi connectivity index (χ1n) is 8.53. The molecule has 1 amide bonds. The Morgan fingerprint density at radius 2 is 1.63 bits per heavy atom. The van der Waals surface area contributed by atoms with Crippen molar-refractivity contribution >= 4 is 40.6 Å². The molecule has 0 radical (unpaired) electrons. The minimum Gasteiger partial charge on any atom is -0.321 e. The van der Waals surface area contributed by atoms with E-state index in [1.165, 1.54) is 0 Å². The fourth-order valence-corrected chi connectivity index (χ4v) is 3.67. The molecule has 0 fully saturated rings. The van der Waals surface area contributed by atoms with Crippen LogP contribution in [0.15, 0.2) is 71.7 Å². The van der Waals surface area contributed by atoms with Gasteiger partial charge in [0.1, 0.15) is 5.84 Å². The lowest BCUT2D eigenvalue weighted by Gasteiger charge is -2.19. The number of aliphatic imine (C=N–C) groups is 1. The third-order valence-corrected chi connectivity index (χ3v) is 4.94. The number of aryl methyl sites for hydroxylation is 1. The zero-order valence-corrected chi connectivity index (χ0v) is 16.1. The van der Waals surface area contributed by atoms with Gasteiger partial charge in [-0.1, -0.05) is 65.2 Å². The zero-order chi connectivity index (χ0) is 19.0. The van der Waals surface area contributed by atoms with Crippen LogP contribution in [0.1, 0.15) is 27.0 Å². The number of halogens is 2. The maximum absolute atomic E-state index is 12.8. The second kappa shape index (κ2) is 7.18. The molecule has 0 saturated carbocycles. The van der Waals surface area contributed by atoms with Crippen LogP contribution in [0.2, 0.25) is 10.0 Å². The Hall–Kier alpha value is -2.62. The highest BCUT2D eigenvalue weighted by Crippen LogP contribution is 2.32. The predicted octanol–water partition coefficient (Wildman–Crippen LogP) is 5.91. The second-order valence-corrected chi connectivity index (χ2v) is 7.35. The van der Waals surface area contributed by atoms with Crippen molar-refractivity contribution < 1.29 is 4.79 Å². The lowest BCUT2D eigenvalue weighted by atomic mass is 10.1. The Balaban J connectivity index is 1.80. The summed E-state index contributed by atoms with van der Waals surface area (Å²) in [6.45, 7) is 2.59. The molecule has 4 rings (SSSR count). The molecule has 3 aromatic carbocycles. The van der Waals surface area contributed by atoms with Crippen molar-refractivity contribution in [2.45, 2.75) is 13.5 Å². The molecule has 0 unspecified atom stereocenters. The molecule has 0 spiro atoms. The van der Waals surface area contributed by atoms with Crippen molar-refractivity contribution in [1.29, 1.82) is 0 Å². The molecule has 134 valence electrons. The largest absolute Gasteiger partial charge is 0.321 e. The SMILES string of the molecule is Cc1ccc(C(=O)N=C2c3ccccc3CN2c2cc(Cl)cc(Cl)c2)cc1. The Labute approximate surface area is 167 Å². The van der Waals surface area contributed by atoms with Gasteiger partial charge in [0.05, 0.1) is 6.54 Å². The Morgan fingerprint density at radius 1 is 0.963 bits per heavy atom. The van der Waals surface area contributed by atoms with Gasteiger partial charge in [-0.05, 0) is 42.8 Å². The van der Waals surface area contributed by atoms with Crippen LogP contribution in [0, 0.1) is 6.92 Å². The van der Waals surface area contributed by atoms with E-state index >= 15 is 0 Å². The van der Waals surface area contributed by atoms with Crippen molar-refractivity contribution in [3.05, 3.63) is 99.0 Å². The van der Waals surface area contributed by atoms with E-state index in [0.717, 1.165) is 22.4 Å². The summed E-state index contributed by atoms with van der Waals surface area (Å²) in [5, 5.41) is 1.08. The smallest absolute Gasteiger partial charge is 0.278 e. The van der Waals surface area contributed by atoms with Gasteiger partial charge in [-0.3, -0.25) is 4.79 Å². The minimum absolute atomic E-state index is 0.278. The minimum atomic E-state index is -0.278. The molecular weight excluding hydrogens is 379 g/mol. The maximum Gasteiger partial charge on any atom is 0.278 e. The number of hydrogen-bond acceptors (Lipinski definition) is 1. The fourth-order valence-electron chi connectivity index (χ4n) is 3.15. The van der Waals surface area contributed by atoms with Crippen LogP contribution in [0.25, 0.3) is 0 Å². The van der Waals surface area contributed by atoms with Crippen LogP contribution in [0.4, 0.5) is 5.69 Å². The molecule has 1 aliphatic heterocycles. The number of carbonyl (C=O) groups excluding carboxylic acids is 1. The van der Waals surface area contributed by atoms with Crippen molar-refractivity contribution in [2.24, 2.45) is 4.99 Å². The van der Waals surface area contributed by atoms with E-state index in [2.05, 4.69) is 4.99 Å². The molecule has 3 aromatic rings. The quantitative estimate of drug-likeness (QED) is 0.541. The molecule has 0 aliphatic carbocycles. The first kappa shape index (κ1) is 17.8. The van der Waals surface area contributed by atoms with Gasteiger partial charge >= 0.3 is 0 Å². The number of hydrogen-bond donors (Lipinski definition) is 0. The van der Waals surface area contributed by atoms with E-state index in [-0.39, 0.29) is 5.91 Å². The molecule has 27 heavy (non-hydrogen) atoms. The number of anilines is 1. The van der Waals surface area contributed by atoms with Crippen molar-refractivity contribution in [2.75, 3.05) is 4.90 Å². The normalized spacial score (nSPS) is 14.5. The van der Waals surface area contributed by atoms with E-state index in [1.807, 2.05) is 60.4 Å². The average molecular weight is 395 g/mol. The van der Waals surface area contributed by atoms with Gasteiger partial charge < -0.3 is 4.90 Å². The molecule has 0 saturated heterocycles. The van der Waals surface area contributed by atoms with Gasteiger partial charge in [-0.25, -0.2) is 0 Å². The topological polar surface area (TPSA) is 32.7 Å². The third-order valence-electron chi connectivity index (χ3n) is 4.51. The van der Waals surface area contributed by atoms with Crippen LogP contribution in [-0.4, -0.2) is 11.7 Å². The standard InChI is InChI=1S/C22H16Cl2N2O/c1-14-6-8-15(9-7-14)22(27)25-21-20-5-3-2-4-16(20)13-26(21)19-11-17(23)10-18(24)12-19/h2-12H,13H2,1H3. The molecule has 0 atom stereocenters. The molecule has 3 nitrogen and oxygen atoms in total. The number of carbonyl (C=O) groups is 1. The molecular formula is C22H16Cl2N2O.